The smallest absolute Gasteiger partial charge is 0.307 e. The molecule has 1 amide bonds. The molecule has 84 valence electrons. The Bertz CT molecular complexity index is 490. The van der Waals surface area contributed by atoms with Crippen molar-refractivity contribution >= 4 is 17.0 Å². The Morgan fingerprint density at radius 2 is 2.00 bits per heavy atom. The van der Waals surface area contributed by atoms with Crippen LogP contribution in [-0.2, 0) is 0 Å². The highest BCUT2D eigenvalue weighted by Crippen LogP contribution is 2.15. The van der Waals surface area contributed by atoms with Crippen molar-refractivity contribution in [2.45, 2.75) is 26.3 Å². The zero-order valence-electron chi connectivity index (χ0n) is 9.57. The van der Waals surface area contributed by atoms with Crippen molar-refractivity contribution in [1.82, 2.24) is 10.3 Å². The number of hydrogen-bond donors (Lipinski definition) is 1. The van der Waals surface area contributed by atoms with Crippen molar-refractivity contribution in [3.8, 4) is 0 Å². The van der Waals surface area contributed by atoms with Crippen LogP contribution in [0.4, 0.5) is 0 Å². The fraction of sp³-hybridized carbons (Fsp3) is 0.333. The van der Waals surface area contributed by atoms with E-state index in [9.17, 15) is 4.79 Å². The zero-order chi connectivity index (χ0) is 11.8. The zero-order valence-corrected chi connectivity index (χ0v) is 9.57. The van der Waals surface area contributed by atoms with E-state index in [0.717, 1.165) is 0 Å². The third-order valence-electron chi connectivity index (χ3n) is 1.98. The Kier molecular flexibility index (Phi) is 2.42. The highest BCUT2D eigenvalue weighted by atomic mass is 16.4. The predicted molar refractivity (Wildman–Crippen MR) is 61.2 cm³/mol. The first-order chi connectivity index (χ1) is 7.46. The second kappa shape index (κ2) is 3.63. The highest BCUT2D eigenvalue weighted by molar-refractivity contribution is 5.92. The van der Waals surface area contributed by atoms with E-state index in [2.05, 4.69) is 10.3 Å². The third kappa shape index (κ3) is 2.21. The summed E-state index contributed by atoms with van der Waals surface area (Å²) in [7, 11) is 0. The lowest BCUT2D eigenvalue weighted by Crippen LogP contribution is -2.40. The number of carbonyl (C=O) groups excluding carboxylic acids is 1. The van der Waals surface area contributed by atoms with Crippen LogP contribution >= 0.6 is 0 Å². The van der Waals surface area contributed by atoms with Crippen LogP contribution in [0.1, 0.15) is 31.5 Å². The first-order valence-corrected chi connectivity index (χ1v) is 5.14. The van der Waals surface area contributed by atoms with E-state index in [1.54, 1.807) is 6.07 Å². The fourth-order valence-electron chi connectivity index (χ4n) is 1.36. The Morgan fingerprint density at radius 3 is 2.62 bits per heavy atom. The Morgan fingerprint density at radius 1 is 1.31 bits per heavy atom. The van der Waals surface area contributed by atoms with Gasteiger partial charge in [-0.3, -0.25) is 4.79 Å². The minimum atomic E-state index is -0.294. The first kappa shape index (κ1) is 10.7. The lowest BCUT2D eigenvalue weighted by Gasteiger charge is -2.18. The summed E-state index contributed by atoms with van der Waals surface area (Å²) in [4.78, 5) is 15.9. The van der Waals surface area contributed by atoms with Gasteiger partial charge >= 0.3 is 5.91 Å². The molecule has 0 fully saturated rings. The van der Waals surface area contributed by atoms with Gasteiger partial charge in [0.25, 0.3) is 5.89 Å². The minimum Gasteiger partial charge on any atom is -0.432 e. The van der Waals surface area contributed by atoms with Gasteiger partial charge in [-0.25, -0.2) is 4.98 Å². The van der Waals surface area contributed by atoms with Crippen molar-refractivity contribution < 1.29 is 9.21 Å². The van der Waals surface area contributed by atoms with Gasteiger partial charge in [0.2, 0.25) is 0 Å². The third-order valence-corrected chi connectivity index (χ3v) is 1.98. The van der Waals surface area contributed by atoms with E-state index >= 15 is 0 Å². The molecule has 1 N–H and O–H groups in total. The molecule has 0 saturated carbocycles. The average molecular weight is 218 g/mol. The van der Waals surface area contributed by atoms with Crippen LogP contribution < -0.4 is 5.32 Å². The maximum absolute atomic E-state index is 11.8. The molecule has 1 aromatic carbocycles. The van der Waals surface area contributed by atoms with Gasteiger partial charge in [0.15, 0.2) is 5.58 Å². The largest absolute Gasteiger partial charge is 0.432 e. The molecule has 2 rings (SSSR count). The molecule has 0 unspecified atom stereocenters. The van der Waals surface area contributed by atoms with Crippen LogP contribution in [0, 0.1) is 0 Å². The second-order valence-corrected chi connectivity index (χ2v) is 4.69. The quantitative estimate of drug-likeness (QED) is 0.799. The molecule has 0 bridgehead atoms. The van der Waals surface area contributed by atoms with Gasteiger partial charge in [-0.1, -0.05) is 12.1 Å². The fourth-order valence-corrected chi connectivity index (χ4v) is 1.36. The maximum atomic E-state index is 11.8. The Hall–Kier alpha value is -1.84. The Labute approximate surface area is 93.7 Å². The maximum Gasteiger partial charge on any atom is 0.307 e. The van der Waals surface area contributed by atoms with Crippen LogP contribution in [-0.4, -0.2) is 16.4 Å². The Balaban J connectivity index is 2.30. The summed E-state index contributed by atoms with van der Waals surface area (Å²) in [5.74, 6) is -0.181. The van der Waals surface area contributed by atoms with E-state index in [1.165, 1.54) is 0 Å². The molecule has 0 aliphatic rings. The van der Waals surface area contributed by atoms with Crippen molar-refractivity contribution in [1.29, 1.82) is 0 Å². The average Bonchev–Trinajstić information content (AvgIpc) is 2.58. The standard InChI is InChI=1S/C12H14N2O2/c1-12(2,3)14-10(15)11-13-8-6-4-5-7-9(8)16-11/h4-7H,1-3H3,(H,14,15). The molecule has 0 aliphatic carbocycles. The van der Waals surface area contributed by atoms with Gasteiger partial charge in [-0.05, 0) is 32.9 Å². The molecule has 4 nitrogen and oxygen atoms in total. The number of carbonyl (C=O) groups is 1. The first-order valence-electron chi connectivity index (χ1n) is 5.14. The van der Waals surface area contributed by atoms with E-state index in [1.807, 2.05) is 39.0 Å². The summed E-state index contributed by atoms with van der Waals surface area (Å²) in [6.07, 6.45) is 0. The number of fused-ring (bicyclic) bond motifs is 1. The SMILES string of the molecule is CC(C)(C)NC(=O)c1nc2ccccc2o1. The highest BCUT2D eigenvalue weighted by Gasteiger charge is 2.19. The predicted octanol–water partition coefficient (Wildman–Crippen LogP) is 2.36. The van der Waals surface area contributed by atoms with Gasteiger partial charge in [0, 0.05) is 5.54 Å². The molecular formula is C12H14N2O2. The van der Waals surface area contributed by atoms with Crippen LogP contribution in [0.15, 0.2) is 28.7 Å². The molecule has 1 heterocycles. The van der Waals surface area contributed by atoms with Crippen LogP contribution in [0.3, 0.4) is 0 Å². The van der Waals surface area contributed by atoms with Crippen molar-refractivity contribution in [3.63, 3.8) is 0 Å². The van der Waals surface area contributed by atoms with Crippen LogP contribution in [0.2, 0.25) is 0 Å². The molecule has 1 aromatic heterocycles. The molecule has 0 spiro atoms. The van der Waals surface area contributed by atoms with Gasteiger partial charge in [0.05, 0.1) is 0 Å². The number of oxazole rings is 1. The van der Waals surface area contributed by atoms with E-state index in [0.29, 0.717) is 11.1 Å². The van der Waals surface area contributed by atoms with Crippen LogP contribution in [0.5, 0.6) is 0 Å². The van der Waals surface area contributed by atoms with Crippen molar-refractivity contribution in [2.75, 3.05) is 0 Å². The number of nitrogens with zero attached hydrogens (tertiary/aromatic N) is 1. The van der Waals surface area contributed by atoms with E-state index in [4.69, 9.17) is 4.42 Å². The summed E-state index contributed by atoms with van der Waals surface area (Å²) in [5, 5.41) is 2.80. The summed E-state index contributed by atoms with van der Waals surface area (Å²) in [6.45, 7) is 5.73. The number of rotatable bonds is 1. The van der Waals surface area contributed by atoms with Gasteiger partial charge in [0.1, 0.15) is 5.52 Å². The second-order valence-electron chi connectivity index (χ2n) is 4.69. The topological polar surface area (TPSA) is 55.1 Å². The van der Waals surface area contributed by atoms with E-state index in [-0.39, 0.29) is 17.3 Å². The van der Waals surface area contributed by atoms with E-state index < -0.39 is 0 Å². The molecule has 0 atom stereocenters. The minimum absolute atomic E-state index is 0.108. The molecular weight excluding hydrogens is 204 g/mol. The lowest BCUT2D eigenvalue weighted by molar-refractivity contribution is 0.0886. The number of nitrogens with one attached hydrogen (secondary N) is 1. The summed E-state index contributed by atoms with van der Waals surface area (Å²) >= 11 is 0. The van der Waals surface area contributed by atoms with Crippen molar-refractivity contribution in [3.05, 3.63) is 30.2 Å². The molecule has 2 aromatic rings. The monoisotopic (exact) mass is 218 g/mol. The molecule has 16 heavy (non-hydrogen) atoms. The molecule has 4 heteroatoms. The lowest BCUT2D eigenvalue weighted by atomic mass is 10.1. The number of hydrogen-bond acceptors (Lipinski definition) is 3. The van der Waals surface area contributed by atoms with Crippen molar-refractivity contribution in [2.24, 2.45) is 0 Å². The normalized spacial score (nSPS) is 11.7. The van der Waals surface area contributed by atoms with Gasteiger partial charge in [-0.2, -0.15) is 0 Å². The molecule has 0 aliphatic heterocycles. The summed E-state index contributed by atoms with van der Waals surface area (Å²) in [5.41, 5.74) is 1.03. The van der Waals surface area contributed by atoms with Gasteiger partial charge in [-0.15, -0.1) is 0 Å². The molecule has 0 radical (unpaired) electrons. The number of para-hydroxylation sites is 2. The number of aromatic nitrogens is 1. The summed E-state index contributed by atoms with van der Waals surface area (Å²) in [6, 6.07) is 7.30. The number of amides is 1. The van der Waals surface area contributed by atoms with Crippen LogP contribution in [0.25, 0.3) is 11.1 Å². The molecule has 0 saturated heterocycles. The number of benzene rings is 1. The van der Waals surface area contributed by atoms with Gasteiger partial charge < -0.3 is 9.73 Å². The summed E-state index contributed by atoms with van der Waals surface area (Å²) < 4.78 is 5.35.